The fourth-order valence-corrected chi connectivity index (χ4v) is 2.39. The van der Waals surface area contributed by atoms with Crippen LogP contribution < -0.4 is 0 Å². The van der Waals surface area contributed by atoms with Crippen molar-refractivity contribution in [2.24, 2.45) is 0 Å². The van der Waals surface area contributed by atoms with E-state index in [0.29, 0.717) is 5.02 Å². The Kier molecular flexibility index (Phi) is 3.24. The number of halogens is 1. The average molecular weight is 285 g/mol. The van der Waals surface area contributed by atoms with Crippen LogP contribution in [0, 0.1) is 13.8 Å². The summed E-state index contributed by atoms with van der Waals surface area (Å²) in [5.41, 5.74) is 5.10. The molecule has 0 aliphatic heterocycles. The first-order chi connectivity index (χ1) is 9.66. The molecule has 100 valence electrons. The van der Waals surface area contributed by atoms with Gasteiger partial charge in [-0.2, -0.15) is 5.10 Å². The zero-order chi connectivity index (χ0) is 14.1. The van der Waals surface area contributed by atoms with Crippen LogP contribution in [0.2, 0.25) is 5.02 Å². The Hall–Kier alpha value is -2.20. The highest BCUT2D eigenvalue weighted by molar-refractivity contribution is 6.30. The average Bonchev–Trinajstić information content (AvgIpc) is 2.96. The van der Waals surface area contributed by atoms with Crippen LogP contribution in [-0.2, 0) is 0 Å². The van der Waals surface area contributed by atoms with Crippen LogP contribution in [0.3, 0.4) is 0 Å². The van der Waals surface area contributed by atoms with Crippen molar-refractivity contribution >= 4 is 11.6 Å². The molecule has 3 aromatic rings. The van der Waals surface area contributed by atoms with E-state index in [0.717, 1.165) is 28.1 Å². The number of pyridine rings is 1. The molecule has 0 bridgehead atoms. The van der Waals surface area contributed by atoms with Gasteiger partial charge in [0.15, 0.2) is 0 Å². The molecule has 5 heteroatoms. The SMILES string of the molecule is Cc1cnc(C)c(-c2ccc(Cl)cc2)c1-n1cncn1. The Morgan fingerprint density at radius 2 is 1.85 bits per heavy atom. The predicted molar refractivity (Wildman–Crippen MR) is 79.1 cm³/mol. The van der Waals surface area contributed by atoms with Gasteiger partial charge in [-0.15, -0.1) is 0 Å². The van der Waals surface area contributed by atoms with E-state index in [2.05, 4.69) is 15.1 Å². The summed E-state index contributed by atoms with van der Waals surface area (Å²) >= 11 is 5.97. The van der Waals surface area contributed by atoms with Crippen LogP contribution in [-0.4, -0.2) is 19.7 Å². The van der Waals surface area contributed by atoms with Crippen LogP contribution in [0.4, 0.5) is 0 Å². The van der Waals surface area contributed by atoms with Crippen LogP contribution in [0.15, 0.2) is 43.1 Å². The topological polar surface area (TPSA) is 43.6 Å². The van der Waals surface area contributed by atoms with E-state index < -0.39 is 0 Å². The maximum atomic E-state index is 5.97. The summed E-state index contributed by atoms with van der Waals surface area (Å²) in [7, 11) is 0. The normalized spacial score (nSPS) is 10.8. The zero-order valence-corrected chi connectivity index (χ0v) is 12.0. The number of rotatable bonds is 2. The molecule has 0 aliphatic carbocycles. The highest BCUT2D eigenvalue weighted by Crippen LogP contribution is 2.31. The molecule has 2 heterocycles. The molecule has 20 heavy (non-hydrogen) atoms. The van der Waals surface area contributed by atoms with Gasteiger partial charge in [0.05, 0.1) is 5.69 Å². The van der Waals surface area contributed by atoms with Crippen molar-refractivity contribution in [2.75, 3.05) is 0 Å². The number of aromatic nitrogens is 4. The third-order valence-corrected chi connectivity index (χ3v) is 3.46. The van der Waals surface area contributed by atoms with Gasteiger partial charge in [-0.05, 0) is 37.1 Å². The molecular formula is C15H13ClN4. The Labute approximate surface area is 122 Å². The van der Waals surface area contributed by atoms with Gasteiger partial charge in [0.1, 0.15) is 12.7 Å². The molecule has 0 unspecified atom stereocenters. The summed E-state index contributed by atoms with van der Waals surface area (Å²) in [6.07, 6.45) is 5.08. The molecule has 2 aromatic heterocycles. The smallest absolute Gasteiger partial charge is 0.138 e. The molecule has 0 saturated carbocycles. The number of hydrogen-bond acceptors (Lipinski definition) is 3. The molecule has 0 saturated heterocycles. The van der Waals surface area contributed by atoms with Crippen molar-refractivity contribution in [3.63, 3.8) is 0 Å². The van der Waals surface area contributed by atoms with Gasteiger partial charge in [0.2, 0.25) is 0 Å². The number of benzene rings is 1. The standard InChI is InChI=1S/C15H13ClN4/c1-10-7-18-11(2)14(12-3-5-13(16)6-4-12)15(10)20-9-17-8-19-20/h3-9H,1-2H3. The fraction of sp³-hybridized carbons (Fsp3) is 0.133. The Balaban J connectivity index is 2.29. The summed E-state index contributed by atoms with van der Waals surface area (Å²) in [5.74, 6) is 0. The first-order valence-electron chi connectivity index (χ1n) is 6.24. The molecule has 0 amide bonds. The van der Waals surface area contributed by atoms with Crippen molar-refractivity contribution in [1.82, 2.24) is 19.7 Å². The second-order valence-electron chi connectivity index (χ2n) is 4.60. The highest BCUT2D eigenvalue weighted by atomic mass is 35.5. The molecule has 1 aromatic carbocycles. The third-order valence-electron chi connectivity index (χ3n) is 3.20. The van der Waals surface area contributed by atoms with Crippen molar-refractivity contribution in [3.05, 3.63) is 59.4 Å². The van der Waals surface area contributed by atoms with Crippen LogP contribution in [0.5, 0.6) is 0 Å². The van der Waals surface area contributed by atoms with Crippen molar-refractivity contribution in [3.8, 4) is 16.8 Å². The number of hydrogen-bond donors (Lipinski definition) is 0. The monoisotopic (exact) mass is 284 g/mol. The van der Waals surface area contributed by atoms with Gasteiger partial charge in [-0.1, -0.05) is 23.7 Å². The second kappa shape index (κ2) is 5.06. The minimum absolute atomic E-state index is 0.717. The summed E-state index contributed by atoms with van der Waals surface area (Å²) in [6.45, 7) is 4.01. The lowest BCUT2D eigenvalue weighted by atomic mass is 10.00. The maximum absolute atomic E-state index is 5.97. The summed E-state index contributed by atoms with van der Waals surface area (Å²) in [5, 5.41) is 4.96. The minimum Gasteiger partial charge on any atom is -0.261 e. The first-order valence-corrected chi connectivity index (χ1v) is 6.62. The minimum atomic E-state index is 0.717. The second-order valence-corrected chi connectivity index (χ2v) is 5.03. The van der Waals surface area contributed by atoms with Crippen LogP contribution in [0.1, 0.15) is 11.3 Å². The molecule has 0 radical (unpaired) electrons. The van der Waals surface area contributed by atoms with Crippen LogP contribution in [0.25, 0.3) is 16.8 Å². The lowest BCUT2D eigenvalue weighted by molar-refractivity contribution is 0.866. The van der Waals surface area contributed by atoms with Gasteiger partial charge in [0, 0.05) is 22.5 Å². The van der Waals surface area contributed by atoms with E-state index in [1.165, 1.54) is 6.33 Å². The third kappa shape index (κ3) is 2.18. The van der Waals surface area contributed by atoms with Gasteiger partial charge < -0.3 is 0 Å². The van der Waals surface area contributed by atoms with E-state index >= 15 is 0 Å². The van der Waals surface area contributed by atoms with Gasteiger partial charge in [-0.3, -0.25) is 4.98 Å². The van der Waals surface area contributed by atoms with Crippen LogP contribution >= 0.6 is 11.6 Å². The van der Waals surface area contributed by atoms with E-state index in [-0.39, 0.29) is 0 Å². The Morgan fingerprint density at radius 1 is 1.10 bits per heavy atom. The molecule has 0 N–H and O–H groups in total. The van der Waals surface area contributed by atoms with Gasteiger partial charge in [0.25, 0.3) is 0 Å². The molecule has 3 rings (SSSR count). The van der Waals surface area contributed by atoms with Crippen molar-refractivity contribution in [1.29, 1.82) is 0 Å². The zero-order valence-electron chi connectivity index (χ0n) is 11.2. The molecule has 0 spiro atoms. The Morgan fingerprint density at radius 3 is 2.50 bits per heavy atom. The quantitative estimate of drug-likeness (QED) is 0.722. The summed E-state index contributed by atoms with van der Waals surface area (Å²) < 4.78 is 1.77. The van der Waals surface area contributed by atoms with Gasteiger partial charge >= 0.3 is 0 Å². The largest absolute Gasteiger partial charge is 0.261 e. The van der Waals surface area contributed by atoms with E-state index in [9.17, 15) is 0 Å². The summed E-state index contributed by atoms with van der Waals surface area (Å²) in [6, 6.07) is 7.74. The predicted octanol–water partition coefficient (Wildman–Crippen LogP) is 3.60. The highest BCUT2D eigenvalue weighted by Gasteiger charge is 2.14. The molecule has 0 aliphatic rings. The first kappa shape index (κ1) is 12.8. The van der Waals surface area contributed by atoms with E-state index in [4.69, 9.17) is 11.6 Å². The molecule has 0 atom stereocenters. The maximum Gasteiger partial charge on any atom is 0.138 e. The molecule has 4 nitrogen and oxygen atoms in total. The summed E-state index contributed by atoms with van der Waals surface area (Å²) in [4.78, 5) is 8.48. The molecule has 0 fully saturated rings. The van der Waals surface area contributed by atoms with Gasteiger partial charge in [-0.25, -0.2) is 9.67 Å². The van der Waals surface area contributed by atoms with Crippen molar-refractivity contribution in [2.45, 2.75) is 13.8 Å². The number of nitrogens with zero attached hydrogens (tertiary/aromatic N) is 4. The van der Waals surface area contributed by atoms with Crippen molar-refractivity contribution < 1.29 is 0 Å². The Bertz CT molecular complexity index is 733. The fourth-order valence-electron chi connectivity index (χ4n) is 2.27. The number of aryl methyl sites for hydroxylation is 2. The van der Waals surface area contributed by atoms with E-state index in [1.807, 2.05) is 44.3 Å². The van der Waals surface area contributed by atoms with E-state index in [1.54, 1.807) is 11.0 Å². The molecular weight excluding hydrogens is 272 g/mol. The lowest BCUT2D eigenvalue weighted by Gasteiger charge is -2.14. The lowest BCUT2D eigenvalue weighted by Crippen LogP contribution is -2.04.